The summed E-state index contributed by atoms with van der Waals surface area (Å²) in [5.74, 6) is 0.740. The van der Waals surface area contributed by atoms with E-state index in [1.54, 1.807) is 12.1 Å². The summed E-state index contributed by atoms with van der Waals surface area (Å²) in [7, 11) is -3.74. The third-order valence-corrected chi connectivity index (χ3v) is 6.12. The highest BCUT2D eigenvalue weighted by molar-refractivity contribution is 7.89. The van der Waals surface area contributed by atoms with Gasteiger partial charge >= 0.3 is 6.03 Å². The van der Waals surface area contributed by atoms with Gasteiger partial charge in [-0.2, -0.15) is 0 Å². The Balaban J connectivity index is 1.33. The van der Waals surface area contributed by atoms with Crippen LogP contribution in [-0.4, -0.2) is 48.4 Å². The number of urea groups is 1. The lowest BCUT2D eigenvalue weighted by atomic mass is 10.3. The van der Waals surface area contributed by atoms with E-state index in [-0.39, 0.29) is 30.4 Å². The number of sulfonamides is 1. The number of hydrogen-bond acceptors (Lipinski definition) is 7. The largest absolute Gasteiger partial charge is 0.493 e. The molecule has 2 aliphatic rings. The van der Waals surface area contributed by atoms with E-state index in [4.69, 9.17) is 4.74 Å². The smallest absolute Gasteiger partial charge is 0.324 e. The zero-order valence-corrected chi connectivity index (χ0v) is 16.9. The summed E-state index contributed by atoms with van der Waals surface area (Å²) >= 11 is 0. The van der Waals surface area contributed by atoms with E-state index in [0.29, 0.717) is 29.7 Å². The lowest BCUT2D eigenvalue weighted by molar-refractivity contribution is -0.118. The number of rotatable bonds is 9. The van der Waals surface area contributed by atoms with Gasteiger partial charge in [-0.25, -0.2) is 17.9 Å². The van der Waals surface area contributed by atoms with E-state index in [1.807, 2.05) is 0 Å². The Morgan fingerprint density at radius 1 is 1.17 bits per heavy atom. The molecule has 2 N–H and O–H groups in total. The number of carbonyl (C=O) groups is 2. The Bertz CT molecular complexity index is 1050. The predicted octanol–water partition coefficient (Wildman–Crippen LogP) is 0.796. The third kappa shape index (κ3) is 5.10. The van der Waals surface area contributed by atoms with Crippen LogP contribution in [0.15, 0.2) is 41.6 Å². The number of nitrogens with zero attached hydrogens (tertiary/aromatic N) is 3. The average molecular weight is 431 g/mol. The van der Waals surface area contributed by atoms with Crippen molar-refractivity contribution in [2.75, 3.05) is 13.2 Å². The summed E-state index contributed by atoms with van der Waals surface area (Å²) in [6.07, 6.45) is 5.19. The Hall–Kier alpha value is -3.05. The first kappa shape index (κ1) is 20.2. The predicted molar refractivity (Wildman–Crippen MR) is 105 cm³/mol. The lowest BCUT2D eigenvalue weighted by Gasteiger charge is -2.12. The van der Waals surface area contributed by atoms with Crippen LogP contribution in [-0.2, 0) is 27.9 Å². The van der Waals surface area contributed by atoms with Crippen LogP contribution < -0.4 is 14.8 Å². The van der Waals surface area contributed by atoms with E-state index in [2.05, 4.69) is 20.0 Å². The molecule has 1 aromatic carbocycles. The fourth-order valence-electron chi connectivity index (χ4n) is 2.84. The number of nitrogens with one attached hydrogen (secondary N) is 2. The molecule has 1 aliphatic carbocycles. The van der Waals surface area contributed by atoms with E-state index in [1.165, 1.54) is 29.4 Å². The van der Waals surface area contributed by atoms with E-state index in [9.17, 15) is 18.0 Å². The van der Waals surface area contributed by atoms with Gasteiger partial charge in [0.1, 0.15) is 12.3 Å². The molecule has 0 spiro atoms. The highest BCUT2D eigenvalue weighted by atomic mass is 32.2. The highest BCUT2D eigenvalue weighted by Crippen LogP contribution is 2.30. The molecular formula is C19H21N5O5S. The molecule has 3 amide bonds. The summed E-state index contributed by atoms with van der Waals surface area (Å²) in [6.45, 7) is 0.688. The number of aromatic nitrogens is 2. The zero-order chi connectivity index (χ0) is 21.1. The Morgan fingerprint density at radius 3 is 2.60 bits per heavy atom. The van der Waals surface area contributed by atoms with Crippen molar-refractivity contribution in [3.8, 4) is 5.75 Å². The van der Waals surface area contributed by atoms with Gasteiger partial charge < -0.3 is 9.64 Å². The van der Waals surface area contributed by atoms with Gasteiger partial charge in [0, 0.05) is 6.07 Å². The number of ether oxygens (including phenoxy) is 1. The number of imide groups is 1. The number of amides is 3. The van der Waals surface area contributed by atoms with Crippen LogP contribution in [0.25, 0.3) is 0 Å². The van der Waals surface area contributed by atoms with Gasteiger partial charge in [0.2, 0.25) is 15.9 Å². The number of benzene rings is 1. The average Bonchev–Trinajstić information content (AvgIpc) is 3.50. The van der Waals surface area contributed by atoms with Crippen molar-refractivity contribution < 1.29 is 22.7 Å². The molecule has 1 aromatic heterocycles. The second kappa shape index (κ2) is 8.36. The fourth-order valence-corrected chi connectivity index (χ4v) is 3.88. The molecule has 0 bridgehead atoms. The summed E-state index contributed by atoms with van der Waals surface area (Å²) in [5, 5.41) is 2.19. The molecule has 1 saturated heterocycles. The maximum Gasteiger partial charge on any atom is 0.324 e. The van der Waals surface area contributed by atoms with Gasteiger partial charge in [-0.05, 0) is 30.9 Å². The van der Waals surface area contributed by atoms with Gasteiger partial charge in [0.15, 0.2) is 0 Å². The first-order chi connectivity index (χ1) is 14.4. The summed E-state index contributed by atoms with van der Waals surface area (Å²) in [6, 6.07) is 5.91. The molecule has 10 nitrogen and oxygen atoms in total. The monoisotopic (exact) mass is 431 g/mol. The van der Waals surface area contributed by atoms with Crippen molar-refractivity contribution >= 4 is 22.0 Å². The van der Waals surface area contributed by atoms with E-state index < -0.39 is 16.1 Å². The molecule has 30 heavy (non-hydrogen) atoms. The lowest BCUT2D eigenvalue weighted by Crippen LogP contribution is -2.28. The van der Waals surface area contributed by atoms with E-state index in [0.717, 1.165) is 12.8 Å². The van der Waals surface area contributed by atoms with Crippen LogP contribution in [0, 0.1) is 5.92 Å². The van der Waals surface area contributed by atoms with Crippen molar-refractivity contribution in [3.63, 3.8) is 0 Å². The minimum absolute atomic E-state index is 0.0223. The molecule has 11 heteroatoms. The third-order valence-electron chi connectivity index (χ3n) is 4.72. The maximum absolute atomic E-state index is 12.6. The van der Waals surface area contributed by atoms with Gasteiger partial charge in [-0.15, -0.1) is 0 Å². The van der Waals surface area contributed by atoms with Crippen LogP contribution in [0.2, 0.25) is 0 Å². The van der Waals surface area contributed by atoms with Crippen LogP contribution in [0.5, 0.6) is 5.75 Å². The highest BCUT2D eigenvalue weighted by Gasteiger charge is 2.27. The fraction of sp³-hybridized carbons (Fsp3) is 0.368. The quantitative estimate of drug-likeness (QED) is 0.562. The second-order valence-corrected chi connectivity index (χ2v) is 9.03. The first-order valence-corrected chi connectivity index (χ1v) is 11.0. The zero-order valence-electron chi connectivity index (χ0n) is 16.1. The molecule has 0 atom stereocenters. The van der Waals surface area contributed by atoms with Crippen LogP contribution in [0.1, 0.15) is 24.2 Å². The molecule has 2 heterocycles. The Kier molecular flexibility index (Phi) is 5.64. The van der Waals surface area contributed by atoms with Crippen molar-refractivity contribution in [1.82, 2.24) is 24.9 Å². The van der Waals surface area contributed by atoms with Crippen molar-refractivity contribution in [2.45, 2.75) is 30.8 Å². The molecule has 158 valence electrons. The molecule has 1 saturated carbocycles. The van der Waals surface area contributed by atoms with Crippen LogP contribution >= 0.6 is 0 Å². The van der Waals surface area contributed by atoms with Gasteiger partial charge in [0.05, 0.1) is 48.4 Å². The SMILES string of the molecule is O=C1CN(Cc2cnc(CNS(=O)(=O)c3cccc(OCC4CC4)c3)cn2)C(=O)N1. The van der Waals surface area contributed by atoms with Crippen molar-refractivity contribution in [1.29, 1.82) is 0 Å². The molecule has 1 aliphatic heterocycles. The summed E-state index contributed by atoms with van der Waals surface area (Å²) < 4.78 is 33.3. The minimum atomic E-state index is -3.74. The molecular weight excluding hydrogens is 410 g/mol. The summed E-state index contributed by atoms with van der Waals surface area (Å²) in [4.78, 5) is 32.6. The molecule has 0 unspecified atom stereocenters. The molecule has 2 fully saturated rings. The van der Waals surface area contributed by atoms with E-state index >= 15 is 0 Å². The number of carbonyl (C=O) groups excluding carboxylic acids is 2. The normalized spacial score (nSPS) is 16.6. The van der Waals surface area contributed by atoms with Crippen molar-refractivity contribution in [3.05, 3.63) is 48.0 Å². The topological polar surface area (TPSA) is 131 Å². The Labute approximate surface area is 173 Å². The molecule has 2 aromatic rings. The van der Waals surface area contributed by atoms with Crippen LogP contribution in [0.4, 0.5) is 4.79 Å². The molecule has 4 rings (SSSR count). The standard InChI is InChI=1S/C19H21N5O5S/c25-18-11-24(19(26)23-18)10-15-8-20-14(7-21-15)9-22-30(27,28)17-3-1-2-16(6-17)29-12-13-4-5-13/h1-3,6-8,13,22H,4-5,9-12H2,(H,23,25,26). The van der Waals surface area contributed by atoms with Gasteiger partial charge in [0.25, 0.3) is 0 Å². The first-order valence-electron chi connectivity index (χ1n) is 9.50. The van der Waals surface area contributed by atoms with Gasteiger partial charge in [-0.1, -0.05) is 6.07 Å². The summed E-state index contributed by atoms with van der Waals surface area (Å²) in [5.41, 5.74) is 0.914. The minimum Gasteiger partial charge on any atom is -0.493 e. The number of hydrogen-bond donors (Lipinski definition) is 2. The second-order valence-electron chi connectivity index (χ2n) is 7.26. The maximum atomic E-state index is 12.6. The van der Waals surface area contributed by atoms with Crippen LogP contribution in [0.3, 0.4) is 0 Å². The van der Waals surface area contributed by atoms with Gasteiger partial charge in [-0.3, -0.25) is 20.1 Å². The molecule has 0 radical (unpaired) electrons. The Morgan fingerprint density at radius 2 is 1.93 bits per heavy atom. The van der Waals surface area contributed by atoms with Crippen molar-refractivity contribution in [2.24, 2.45) is 5.92 Å².